The van der Waals surface area contributed by atoms with Crippen LogP contribution in [-0.2, 0) is 17.8 Å². The van der Waals surface area contributed by atoms with Crippen molar-refractivity contribution < 1.29 is 4.79 Å². The van der Waals surface area contributed by atoms with Gasteiger partial charge in [-0.1, -0.05) is 37.3 Å². The molecule has 0 unspecified atom stereocenters. The third kappa shape index (κ3) is 2.31. The van der Waals surface area contributed by atoms with Gasteiger partial charge in [0.1, 0.15) is 5.65 Å². The number of carbonyl (C=O) groups excluding carboxylic acids is 1. The van der Waals surface area contributed by atoms with Gasteiger partial charge in [0.15, 0.2) is 0 Å². The zero-order chi connectivity index (χ0) is 15.8. The standard InChI is InChI=1S/C19H19N3O/c1-2-13-7-3-4-8-14(13)15-11-18(23)20-12-16-19(15)22-10-6-5-9-17(22)21-16/h3-10,15H,2,11-12H2,1H3,(H,20,23)/t15-/m0/s1. The van der Waals surface area contributed by atoms with Gasteiger partial charge in [0.25, 0.3) is 0 Å². The number of carbonyl (C=O) groups is 1. The number of pyridine rings is 1. The van der Waals surface area contributed by atoms with Crippen LogP contribution in [0.5, 0.6) is 0 Å². The molecule has 1 aromatic carbocycles. The lowest BCUT2D eigenvalue weighted by Crippen LogP contribution is -2.21. The zero-order valence-corrected chi connectivity index (χ0v) is 13.1. The number of nitrogens with zero attached hydrogens (tertiary/aromatic N) is 2. The summed E-state index contributed by atoms with van der Waals surface area (Å²) >= 11 is 0. The van der Waals surface area contributed by atoms with Crippen LogP contribution in [0.25, 0.3) is 5.65 Å². The molecule has 23 heavy (non-hydrogen) atoms. The molecule has 0 saturated carbocycles. The minimum atomic E-state index is 0.0426. The minimum absolute atomic E-state index is 0.0426. The highest BCUT2D eigenvalue weighted by molar-refractivity contribution is 5.78. The molecule has 0 saturated heterocycles. The Morgan fingerprint density at radius 1 is 1.22 bits per heavy atom. The third-order valence-electron chi connectivity index (χ3n) is 4.63. The van der Waals surface area contributed by atoms with E-state index in [9.17, 15) is 4.79 Å². The first-order valence-corrected chi connectivity index (χ1v) is 8.08. The van der Waals surface area contributed by atoms with Crippen molar-refractivity contribution in [3.05, 3.63) is 71.2 Å². The predicted molar refractivity (Wildman–Crippen MR) is 89.3 cm³/mol. The summed E-state index contributed by atoms with van der Waals surface area (Å²) in [4.78, 5) is 16.9. The summed E-state index contributed by atoms with van der Waals surface area (Å²) in [5.41, 5.74) is 5.58. The number of aromatic nitrogens is 2. The van der Waals surface area contributed by atoms with Gasteiger partial charge in [0, 0.05) is 18.5 Å². The molecule has 1 N–H and O–H groups in total. The van der Waals surface area contributed by atoms with E-state index in [4.69, 9.17) is 4.98 Å². The number of aryl methyl sites for hydroxylation is 1. The van der Waals surface area contributed by atoms with E-state index in [1.165, 1.54) is 11.1 Å². The fourth-order valence-electron chi connectivity index (χ4n) is 3.55. The van der Waals surface area contributed by atoms with Crippen LogP contribution in [0.1, 0.15) is 41.8 Å². The van der Waals surface area contributed by atoms with Gasteiger partial charge in [-0.05, 0) is 29.7 Å². The largest absolute Gasteiger partial charge is 0.350 e. The number of imidazole rings is 1. The number of amides is 1. The van der Waals surface area contributed by atoms with Crippen molar-refractivity contribution >= 4 is 11.6 Å². The average molecular weight is 305 g/mol. The molecule has 0 fully saturated rings. The van der Waals surface area contributed by atoms with Gasteiger partial charge in [0.2, 0.25) is 5.91 Å². The molecule has 4 nitrogen and oxygen atoms in total. The molecular weight excluding hydrogens is 286 g/mol. The minimum Gasteiger partial charge on any atom is -0.350 e. The maximum atomic E-state index is 12.2. The molecule has 116 valence electrons. The van der Waals surface area contributed by atoms with Crippen molar-refractivity contribution in [2.24, 2.45) is 0 Å². The van der Waals surface area contributed by atoms with E-state index in [2.05, 4.69) is 40.9 Å². The van der Waals surface area contributed by atoms with Crippen molar-refractivity contribution in [2.45, 2.75) is 32.2 Å². The summed E-state index contributed by atoms with van der Waals surface area (Å²) in [6, 6.07) is 14.4. The number of hydrogen-bond acceptors (Lipinski definition) is 2. The molecule has 3 heterocycles. The van der Waals surface area contributed by atoms with Gasteiger partial charge in [-0.3, -0.25) is 4.79 Å². The number of hydrogen-bond donors (Lipinski definition) is 1. The van der Waals surface area contributed by atoms with Crippen molar-refractivity contribution in [1.29, 1.82) is 0 Å². The SMILES string of the molecule is CCc1ccccc1[C@@H]1CC(=O)NCc2nc3ccccn3c21. The lowest BCUT2D eigenvalue weighted by molar-refractivity contribution is -0.121. The zero-order valence-electron chi connectivity index (χ0n) is 13.1. The van der Waals surface area contributed by atoms with Crippen LogP contribution in [0.15, 0.2) is 48.7 Å². The quantitative estimate of drug-likeness (QED) is 0.791. The first kappa shape index (κ1) is 14.0. The second kappa shape index (κ2) is 5.54. The number of nitrogens with one attached hydrogen (secondary N) is 1. The third-order valence-corrected chi connectivity index (χ3v) is 4.63. The molecule has 0 spiro atoms. The molecule has 0 radical (unpaired) electrons. The molecule has 3 aromatic rings. The maximum Gasteiger partial charge on any atom is 0.221 e. The lowest BCUT2D eigenvalue weighted by Gasteiger charge is -2.19. The second-order valence-corrected chi connectivity index (χ2v) is 5.96. The summed E-state index contributed by atoms with van der Waals surface area (Å²) in [5, 5.41) is 2.98. The van der Waals surface area contributed by atoms with Gasteiger partial charge >= 0.3 is 0 Å². The summed E-state index contributed by atoms with van der Waals surface area (Å²) in [6.45, 7) is 2.66. The fourth-order valence-corrected chi connectivity index (χ4v) is 3.55. The van der Waals surface area contributed by atoms with E-state index in [1.54, 1.807) is 0 Å². The van der Waals surface area contributed by atoms with Crippen LogP contribution in [0, 0.1) is 0 Å². The van der Waals surface area contributed by atoms with Gasteiger partial charge in [0.05, 0.1) is 17.9 Å². The Hall–Kier alpha value is -2.62. The van der Waals surface area contributed by atoms with Crippen LogP contribution in [0.3, 0.4) is 0 Å². The van der Waals surface area contributed by atoms with Crippen molar-refractivity contribution in [3.8, 4) is 0 Å². The van der Waals surface area contributed by atoms with Gasteiger partial charge in [-0.25, -0.2) is 4.98 Å². The van der Waals surface area contributed by atoms with Crippen LogP contribution in [0.4, 0.5) is 0 Å². The smallest absolute Gasteiger partial charge is 0.221 e. The van der Waals surface area contributed by atoms with E-state index < -0.39 is 0 Å². The summed E-state index contributed by atoms with van der Waals surface area (Å²) in [7, 11) is 0. The highest BCUT2D eigenvalue weighted by atomic mass is 16.1. The molecule has 0 bridgehead atoms. The molecule has 2 aromatic heterocycles. The van der Waals surface area contributed by atoms with Gasteiger partial charge < -0.3 is 9.72 Å². The molecule has 1 aliphatic rings. The monoisotopic (exact) mass is 305 g/mol. The summed E-state index contributed by atoms with van der Waals surface area (Å²) < 4.78 is 2.13. The van der Waals surface area contributed by atoms with E-state index in [0.717, 1.165) is 23.5 Å². The topological polar surface area (TPSA) is 46.4 Å². The Bertz CT molecular complexity index is 881. The molecular formula is C19H19N3O. The van der Waals surface area contributed by atoms with Crippen LogP contribution >= 0.6 is 0 Å². The van der Waals surface area contributed by atoms with Crippen LogP contribution in [0.2, 0.25) is 0 Å². The average Bonchev–Trinajstić information content (AvgIpc) is 2.88. The van der Waals surface area contributed by atoms with Crippen LogP contribution < -0.4 is 5.32 Å². The summed E-state index contributed by atoms with van der Waals surface area (Å²) in [5.74, 6) is 0.129. The van der Waals surface area contributed by atoms with Crippen molar-refractivity contribution in [1.82, 2.24) is 14.7 Å². The second-order valence-electron chi connectivity index (χ2n) is 5.96. The first-order chi connectivity index (χ1) is 11.3. The number of fused-ring (bicyclic) bond motifs is 3. The number of benzene rings is 1. The van der Waals surface area contributed by atoms with Gasteiger partial charge in [-0.2, -0.15) is 0 Å². The fraction of sp³-hybridized carbons (Fsp3) is 0.263. The van der Waals surface area contributed by atoms with E-state index in [-0.39, 0.29) is 11.8 Å². The Kier molecular flexibility index (Phi) is 3.37. The molecule has 4 heteroatoms. The predicted octanol–water partition coefficient (Wildman–Crippen LogP) is 3.05. The van der Waals surface area contributed by atoms with Gasteiger partial charge in [-0.15, -0.1) is 0 Å². The molecule has 1 aliphatic heterocycles. The van der Waals surface area contributed by atoms with E-state index in [1.807, 2.05) is 24.4 Å². The maximum absolute atomic E-state index is 12.2. The van der Waals surface area contributed by atoms with E-state index >= 15 is 0 Å². The molecule has 4 rings (SSSR count). The van der Waals surface area contributed by atoms with Crippen molar-refractivity contribution in [2.75, 3.05) is 0 Å². The Labute approximate surface area is 135 Å². The normalized spacial score (nSPS) is 17.6. The number of rotatable bonds is 2. The van der Waals surface area contributed by atoms with Crippen LogP contribution in [-0.4, -0.2) is 15.3 Å². The highest BCUT2D eigenvalue weighted by Crippen LogP contribution is 2.35. The van der Waals surface area contributed by atoms with Crippen molar-refractivity contribution in [3.63, 3.8) is 0 Å². The Morgan fingerprint density at radius 3 is 2.91 bits per heavy atom. The molecule has 1 amide bonds. The lowest BCUT2D eigenvalue weighted by atomic mass is 9.87. The van der Waals surface area contributed by atoms with E-state index in [0.29, 0.717) is 13.0 Å². The Balaban J connectivity index is 1.97. The summed E-state index contributed by atoms with van der Waals surface area (Å²) in [6.07, 6.45) is 3.46. The first-order valence-electron chi connectivity index (χ1n) is 8.08. The molecule has 0 aliphatic carbocycles. The Morgan fingerprint density at radius 2 is 2.04 bits per heavy atom. The highest BCUT2D eigenvalue weighted by Gasteiger charge is 2.29. The molecule has 1 atom stereocenters.